The van der Waals surface area contributed by atoms with Gasteiger partial charge in [-0.25, -0.2) is 43.3 Å². The summed E-state index contributed by atoms with van der Waals surface area (Å²) in [6.45, 7) is 24.2. The summed E-state index contributed by atoms with van der Waals surface area (Å²) in [4.78, 5) is 95.1. The summed E-state index contributed by atoms with van der Waals surface area (Å²) in [5.41, 5.74) is 5.10. The van der Waals surface area contributed by atoms with E-state index in [0.29, 0.717) is 5.57 Å². The molecule has 0 fully saturated rings. The number of aromatic hydroxyl groups is 3. The van der Waals surface area contributed by atoms with Crippen LogP contribution in [0.5, 0.6) is 34.5 Å². The van der Waals surface area contributed by atoms with E-state index < -0.39 is 53.0 Å². The number of hydrogen-bond donors (Lipinski definition) is 6. The molecule has 6 N–H and O–H groups in total. The van der Waals surface area contributed by atoms with E-state index in [9.17, 15) is 53.7 Å². The Morgan fingerprint density at radius 1 is 0.430 bits per heavy atom. The smallest absolute Gasteiger partial charge is 0.412 e. The van der Waals surface area contributed by atoms with Gasteiger partial charge in [0.15, 0.2) is 0 Å². The zero-order chi connectivity index (χ0) is 68.4. The summed E-state index contributed by atoms with van der Waals surface area (Å²) >= 11 is 0. The second-order valence-electron chi connectivity index (χ2n) is 20.1. The molecule has 0 unspecified atom stereocenters. The van der Waals surface area contributed by atoms with E-state index >= 15 is 0 Å². The maximum Gasteiger partial charge on any atom is 0.412 e. The Bertz CT molecular complexity index is 3210. The van der Waals surface area contributed by atoms with E-state index in [0.717, 1.165) is 33.4 Å². The molecule has 3 amide bonds. The fourth-order valence-corrected chi connectivity index (χ4v) is 8.00. The topological polar surface area (TPSA) is 310 Å². The van der Waals surface area contributed by atoms with Gasteiger partial charge in [0.1, 0.15) is 60.9 Å². The van der Waals surface area contributed by atoms with Gasteiger partial charge in [0.05, 0.1) is 26.2 Å². The second kappa shape index (κ2) is 40.6. The van der Waals surface area contributed by atoms with Crippen molar-refractivity contribution in [3.05, 3.63) is 228 Å². The van der Waals surface area contributed by atoms with Gasteiger partial charge in [-0.2, -0.15) is 0 Å². The quantitative estimate of drug-likeness (QED) is 0.00454. The van der Waals surface area contributed by atoms with Gasteiger partial charge in [0, 0.05) is 72.6 Å². The molecule has 0 aliphatic heterocycles. The average Bonchev–Trinajstić information content (AvgIpc) is 0.775. The Kier molecular flexibility index (Phi) is 34.5. The number of ether oxygens (including phenoxy) is 7. The Balaban J connectivity index is 0.000000945. The van der Waals surface area contributed by atoms with Crippen LogP contribution in [0, 0.1) is 31.1 Å². The zero-order valence-corrected chi connectivity index (χ0v) is 56.0. The van der Waals surface area contributed by atoms with Gasteiger partial charge < -0.3 is 64.4 Å². The van der Waals surface area contributed by atoms with E-state index in [1.54, 1.807) is 116 Å². The number of carbonyl (C=O) groups is 7. The number of hydrogen-bond acceptors (Lipinski definition) is 19. The largest absolute Gasteiger partial charge is 0.508 e. The number of carbonyl (C=O) groups excluding carboxylic acids is 8. The SMILES string of the molecule is C.C=C(C)C(=O)OCCN=C=O.C=C(C)C(=O)OCCNC(=O)Oc1ccc(C(C)(c2ccc(OC(=O)NCCOC(=O)C(=C)C)cc2)c2ccc(OC(=O)NCCOC(=O)C(=C)C)cc2)cc1.CC(c1ccc(O)cc1)(c1ccc(O)cc1)c1ccc(O)cc1.[2H][B].[U]. The number of nitrogens with one attached hydrogen (secondary N) is 3. The van der Waals surface area contributed by atoms with Crippen molar-refractivity contribution in [2.45, 2.75) is 59.8 Å². The standard InChI is InChI=1S/C41H45N3O12.C20H18O3.C7H9NO3.CH4.BH.U/c1-26(2)35(45)51-23-20-42-38(48)54-32-14-8-29(9-15-32)41(7,30-10-16-33(17-11-30)55-39(49)43-21-24-52-36(46)27(3)4)31-12-18-34(19-13-31)56-40(50)44-22-25-53-37(47)28(5)6;1-20(14-2-8-17(21)9-3-14,15-4-10-18(22)11-5-15)16-6-12-19(23)13-7-16;1-6(2)7(10)11-4-3-8-5-9;;;/h8-19H,1,3,5,20-25H2,2,4,6-7H3,(H,42,48)(H,43,49)(H,44,50);2-13,21-23H,1H3;1,3-4H2,2H3;1H4;1H;/i;;;;1D;. The van der Waals surface area contributed by atoms with E-state index in [-0.39, 0.29) is 142 Å². The van der Waals surface area contributed by atoms with Gasteiger partial charge in [-0.3, -0.25) is 0 Å². The van der Waals surface area contributed by atoms with Crippen LogP contribution in [0.3, 0.4) is 0 Å². The van der Waals surface area contributed by atoms with Crippen LogP contribution in [0.15, 0.2) is 199 Å². The van der Waals surface area contributed by atoms with E-state index in [4.69, 9.17) is 29.8 Å². The van der Waals surface area contributed by atoms with Crippen molar-refractivity contribution < 1.29 is 118 Å². The summed E-state index contributed by atoms with van der Waals surface area (Å²) in [6, 6.07) is 41.7. The first-order valence-corrected chi connectivity index (χ1v) is 27.7. The van der Waals surface area contributed by atoms with E-state index in [1.807, 2.05) is 43.3 Å². The van der Waals surface area contributed by atoms with E-state index in [1.165, 1.54) is 26.9 Å². The fraction of sp³-hybridized carbons (Fsp3) is 0.246. The molecule has 6 aromatic carbocycles. The predicted octanol–water partition coefficient (Wildman–Crippen LogP) is 10.3. The van der Waals surface area contributed by atoms with Crippen molar-refractivity contribution >= 4 is 56.6 Å². The van der Waals surface area contributed by atoms with Crippen molar-refractivity contribution in [1.82, 2.24) is 16.0 Å². The van der Waals surface area contributed by atoms with Gasteiger partial charge in [0.2, 0.25) is 6.08 Å². The van der Waals surface area contributed by atoms with Crippen LogP contribution in [-0.4, -0.2) is 126 Å². The number of esters is 4. The number of amides is 3. The first-order chi connectivity index (χ1) is 43.8. The van der Waals surface area contributed by atoms with Gasteiger partial charge >= 0.3 is 42.2 Å². The number of aliphatic imine (C=N–C) groups is 1. The molecular formula is C69H77BN4O18U. The molecular weight excluding hydrogens is 1420 g/mol. The summed E-state index contributed by atoms with van der Waals surface area (Å²) in [6.07, 6.45) is -0.899. The number of isocyanates is 1. The number of nitrogens with zero attached hydrogens (tertiary/aromatic N) is 1. The van der Waals surface area contributed by atoms with Crippen molar-refractivity contribution in [2.75, 3.05) is 52.6 Å². The molecule has 0 aliphatic carbocycles. The van der Waals surface area contributed by atoms with Crippen LogP contribution >= 0.6 is 0 Å². The van der Waals surface area contributed by atoms with Gasteiger partial charge in [-0.15, -0.1) is 0 Å². The van der Waals surface area contributed by atoms with Crippen molar-refractivity contribution in [1.29, 1.82) is 1.34 Å². The van der Waals surface area contributed by atoms with Crippen LogP contribution in [0.4, 0.5) is 14.4 Å². The predicted molar refractivity (Wildman–Crippen MR) is 347 cm³/mol. The Labute approximate surface area is 568 Å². The molecule has 2 radical (unpaired) electrons. The molecule has 6 rings (SSSR count). The van der Waals surface area contributed by atoms with Gasteiger partial charge in [-0.05, 0) is 149 Å². The van der Waals surface area contributed by atoms with Crippen LogP contribution in [-0.2, 0) is 53.8 Å². The maximum absolute atomic E-state index is 12.4. The monoisotopic (exact) mass is 1500 g/mol. The molecule has 488 valence electrons. The van der Waals surface area contributed by atoms with Gasteiger partial charge in [0.25, 0.3) is 0 Å². The summed E-state index contributed by atoms with van der Waals surface area (Å²) in [5, 5.41) is 36.2. The molecule has 24 heteroatoms. The van der Waals surface area contributed by atoms with Crippen LogP contribution in [0.2, 0.25) is 0 Å². The first kappa shape index (κ1) is 79.0. The number of phenolic OH excluding ortho intramolecular Hbond substituents is 3. The number of rotatable bonds is 25. The average molecular weight is 1500 g/mol. The normalized spacial score (nSPS) is 10.2. The molecule has 6 aromatic rings. The molecule has 0 atom stereocenters. The third-order valence-electron chi connectivity index (χ3n) is 13.0. The van der Waals surface area contributed by atoms with Crippen molar-refractivity contribution in [2.24, 2.45) is 4.99 Å². The molecule has 0 aromatic heterocycles. The Morgan fingerprint density at radius 2 is 0.634 bits per heavy atom. The molecule has 0 bridgehead atoms. The summed E-state index contributed by atoms with van der Waals surface area (Å²) < 4.78 is 40.9. The minimum absolute atomic E-state index is 0. The number of benzene rings is 6. The third-order valence-corrected chi connectivity index (χ3v) is 13.0. The molecule has 93 heavy (non-hydrogen) atoms. The molecule has 0 aliphatic rings. The second-order valence-corrected chi connectivity index (χ2v) is 20.1. The number of phenols is 3. The zero-order valence-electron chi connectivity index (χ0n) is 52.8. The van der Waals surface area contributed by atoms with Crippen LogP contribution < -0.4 is 30.2 Å². The minimum Gasteiger partial charge on any atom is -0.508 e. The van der Waals surface area contributed by atoms with E-state index in [2.05, 4.69) is 67.3 Å². The summed E-state index contributed by atoms with van der Waals surface area (Å²) in [5.74, 6) is -0.761. The molecule has 0 saturated carbocycles. The fourth-order valence-electron chi connectivity index (χ4n) is 8.00. The van der Waals surface area contributed by atoms with Crippen LogP contribution in [0.1, 0.15) is 82.3 Å². The third kappa shape index (κ3) is 26.3. The maximum atomic E-state index is 12.4. The minimum atomic E-state index is -0.851. The molecule has 0 saturated heterocycles. The summed E-state index contributed by atoms with van der Waals surface area (Å²) in [7, 11) is 3.75. The van der Waals surface area contributed by atoms with Gasteiger partial charge in [-0.1, -0.05) is 107 Å². The van der Waals surface area contributed by atoms with Crippen molar-refractivity contribution in [3.63, 3.8) is 0 Å². The molecule has 22 nitrogen and oxygen atoms in total. The van der Waals surface area contributed by atoms with Crippen LogP contribution in [0.25, 0.3) is 0 Å². The molecule has 0 spiro atoms. The molecule has 0 heterocycles. The first-order valence-electron chi connectivity index (χ1n) is 28.3. The Morgan fingerprint density at radius 3 is 0.839 bits per heavy atom. The Hall–Kier alpha value is -10.1. The van der Waals surface area contributed by atoms with Crippen molar-refractivity contribution in [3.8, 4) is 34.5 Å².